The van der Waals surface area contributed by atoms with Crippen molar-refractivity contribution in [3.63, 3.8) is 0 Å². The normalized spacial score (nSPS) is 11.5. The first-order valence-electron chi connectivity index (χ1n) is 30.8. The Balaban J connectivity index is 0.00000115. The Labute approximate surface area is 592 Å². The number of nitrogen functional groups attached to an aromatic ring is 1. The molecule has 15 nitrogen and oxygen atoms in total. The van der Waals surface area contributed by atoms with Gasteiger partial charge in [-0.2, -0.15) is 39.5 Å². The molecule has 0 radical (unpaired) electrons. The molecule has 550 valence electrons. The van der Waals surface area contributed by atoms with Gasteiger partial charge in [-0.1, -0.05) is 80.4 Å². The molecule has 0 aliphatic carbocycles. The Hall–Kier alpha value is -7.08. The van der Waals surface area contributed by atoms with Crippen molar-refractivity contribution in [1.29, 1.82) is 0 Å². The van der Waals surface area contributed by atoms with Crippen LogP contribution in [0.15, 0.2) is 103 Å². The average molecular weight is 1500 g/mol. The van der Waals surface area contributed by atoms with Crippen LogP contribution in [0.1, 0.15) is 152 Å². The Morgan fingerprint density at radius 2 is 0.898 bits per heavy atom. The van der Waals surface area contributed by atoms with Crippen molar-refractivity contribution in [2.24, 2.45) is 5.92 Å². The number of unbranched alkanes of at least 4 members (excludes halogenated alkanes) is 2. The Bertz CT molecular complexity index is 3180. The molecule has 1 atom stereocenters. The van der Waals surface area contributed by atoms with Crippen LogP contribution in [0.5, 0.6) is 5.75 Å². The second-order valence-corrected chi connectivity index (χ2v) is 25.5. The van der Waals surface area contributed by atoms with Gasteiger partial charge in [-0.3, -0.25) is 4.79 Å². The van der Waals surface area contributed by atoms with E-state index < -0.39 is 47.6 Å². The van der Waals surface area contributed by atoms with E-state index >= 15 is 0 Å². The van der Waals surface area contributed by atoms with E-state index in [-0.39, 0.29) is 64.6 Å². The zero-order valence-corrected chi connectivity index (χ0v) is 60.7. The highest BCUT2D eigenvalue weighted by atomic mass is 35.5. The number of hydrogen-bond acceptors (Lipinski definition) is 8. The van der Waals surface area contributed by atoms with Crippen LogP contribution < -0.4 is 63.6 Å². The number of alkyl halides is 12. The van der Waals surface area contributed by atoms with Gasteiger partial charge in [-0.05, 0) is 217 Å². The summed E-state index contributed by atoms with van der Waals surface area (Å²) in [6.45, 7) is 27.1. The monoisotopic (exact) mass is 1500 g/mol. The Morgan fingerprint density at radius 3 is 1.33 bits per heavy atom. The summed E-state index contributed by atoms with van der Waals surface area (Å²) in [6, 6.07) is 21.2. The number of carbonyl (C=O) groups is 3. The molecule has 0 aliphatic rings. The number of halogens is 15. The Kier molecular flexibility index (Phi) is 41.6. The lowest BCUT2D eigenvalue weighted by atomic mass is 9.98. The lowest BCUT2D eigenvalue weighted by Crippen LogP contribution is -2.34. The molecule has 5 aromatic carbocycles. The molecule has 0 fully saturated rings. The van der Waals surface area contributed by atoms with Gasteiger partial charge in [0.2, 0.25) is 5.91 Å². The van der Waals surface area contributed by atoms with Gasteiger partial charge in [0.05, 0.1) is 43.1 Å². The predicted molar refractivity (Wildman–Crippen MR) is 381 cm³/mol. The van der Waals surface area contributed by atoms with E-state index in [0.29, 0.717) is 61.0 Å². The second-order valence-electron chi connectivity index (χ2n) is 23.4. The summed E-state index contributed by atoms with van der Waals surface area (Å²) in [5.74, 6) is 0.555. The van der Waals surface area contributed by atoms with E-state index in [1.165, 1.54) is 62.1 Å². The van der Waals surface area contributed by atoms with Gasteiger partial charge < -0.3 is 63.6 Å². The molecule has 5 amide bonds. The summed E-state index contributed by atoms with van der Waals surface area (Å²) in [6.07, 6.45) is -10.9. The van der Waals surface area contributed by atoms with Crippen LogP contribution in [-0.4, -0.2) is 70.8 Å². The number of urea groups is 2. The van der Waals surface area contributed by atoms with Gasteiger partial charge in [0.25, 0.3) is 0 Å². The van der Waals surface area contributed by atoms with E-state index in [4.69, 9.17) is 65.0 Å². The van der Waals surface area contributed by atoms with Crippen LogP contribution in [0.3, 0.4) is 0 Å². The van der Waals surface area contributed by atoms with Gasteiger partial charge in [0.1, 0.15) is 5.75 Å². The molecule has 0 bridgehead atoms. The Morgan fingerprint density at radius 1 is 0.459 bits per heavy atom. The molecule has 0 aliphatic heterocycles. The van der Waals surface area contributed by atoms with E-state index in [1.54, 1.807) is 32.0 Å². The number of rotatable bonds is 19. The minimum Gasteiger partial charge on any atom is -0.406 e. The van der Waals surface area contributed by atoms with Crippen LogP contribution in [0.25, 0.3) is 0 Å². The van der Waals surface area contributed by atoms with Crippen molar-refractivity contribution in [2.45, 2.75) is 197 Å². The van der Waals surface area contributed by atoms with Crippen molar-refractivity contribution in [2.75, 3.05) is 32.3 Å². The first-order chi connectivity index (χ1) is 45.1. The number of carbonyl (C=O) groups excluding carboxylic acids is 3. The molecule has 0 saturated heterocycles. The lowest BCUT2D eigenvalue weighted by Gasteiger charge is -2.16. The van der Waals surface area contributed by atoms with Crippen LogP contribution in [0.4, 0.5) is 96.4 Å². The topological polar surface area (TPSA) is 207 Å². The highest BCUT2D eigenvalue weighted by Gasteiger charge is 2.33. The fourth-order valence-corrected chi connectivity index (χ4v) is 8.72. The molecule has 5 aromatic rings. The van der Waals surface area contributed by atoms with Crippen LogP contribution in [-0.2, 0) is 23.3 Å². The van der Waals surface area contributed by atoms with Gasteiger partial charge in [0, 0.05) is 65.4 Å². The number of ether oxygens (including phenoxy) is 1. The zero-order valence-electron chi connectivity index (χ0n) is 56.8. The van der Waals surface area contributed by atoms with Crippen molar-refractivity contribution in [3.05, 3.63) is 135 Å². The number of amides is 5. The van der Waals surface area contributed by atoms with E-state index in [1.807, 2.05) is 69.2 Å². The summed E-state index contributed by atoms with van der Waals surface area (Å²) >= 11 is 27.2. The van der Waals surface area contributed by atoms with Crippen LogP contribution in [0, 0.1) is 5.92 Å². The smallest absolute Gasteiger partial charge is 0.406 e. The highest BCUT2D eigenvalue weighted by Crippen LogP contribution is 2.38. The van der Waals surface area contributed by atoms with Gasteiger partial charge in [-0.15, -0.1) is 13.2 Å². The quantitative estimate of drug-likeness (QED) is 0.0162. The molecule has 0 aromatic heterocycles. The zero-order chi connectivity index (χ0) is 75.5. The SMILES string of the molecule is CC(C)NC(=O)Nc1ccc(Cl)c(Cl)c1.CC(C)NC(=O)Nc1ccc(OC(F)(F)F)cc1.CC(C)NC(=S)Nc1ccc(C(F)(F)F)cc1.CC(C)NC(=S)Nc1cccc(C(F)(F)F)c1.CC(C)Nc1c(N)cc(C(F)(F)F)cc1Cl.CCCCCC(C)CCC(=O)NC(C)C. The molecule has 5 rings (SSSR count). The lowest BCUT2D eigenvalue weighted by molar-refractivity contribution is -0.274. The first-order valence-corrected chi connectivity index (χ1v) is 32.7. The summed E-state index contributed by atoms with van der Waals surface area (Å²) in [5.41, 5.74) is 5.47. The molecular weight excluding hydrogens is 1410 g/mol. The third-order valence-electron chi connectivity index (χ3n) is 11.6. The highest BCUT2D eigenvalue weighted by molar-refractivity contribution is 7.80. The largest absolute Gasteiger partial charge is 0.573 e. The van der Waals surface area contributed by atoms with Gasteiger partial charge in [0.15, 0.2) is 10.2 Å². The third-order valence-corrected chi connectivity index (χ3v) is 13.1. The summed E-state index contributed by atoms with van der Waals surface area (Å²) in [5, 5.41) is 29.1. The summed E-state index contributed by atoms with van der Waals surface area (Å²) < 4.78 is 151. The molecule has 12 N–H and O–H groups in total. The van der Waals surface area contributed by atoms with Crippen molar-refractivity contribution in [3.8, 4) is 5.75 Å². The van der Waals surface area contributed by atoms with Crippen molar-refractivity contribution in [1.82, 2.24) is 26.6 Å². The first kappa shape index (κ1) is 90.9. The third kappa shape index (κ3) is 44.0. The van der Waals surface area contributed by atoms with Gasteiger partial charge >= 0.3 is 37.0 Å². The van der Waals surface area contributed by atoms with Crippen molar-refractivity contribution >= 4 is 122 Å². The number of anilines is 6. The minimum atomic E-state index is -4.72. The standard InChI is InChI=1S/C13H27NO.C11H13F3N2O2.2C11H13F3N2S.C10H12Cl2N2O.C10H12ClF3N2/c1-5-6-7-8-12(4)9-10-13(15)14-11(2)3;1-7(2)15-10(17)16-8-3-5-9(6-4-8)18-11(12,13)14;1-7(2)15-10(17)16-9-5-3-8(4-6-9)11(12,13)14;1-7(2)15-10(17)16-9-5-3-4-8(6-9)11(12,13)14;1-6(2)13-10(15)14-7-3-4-8(11)9(12)5-7;1-5(2)16-9-7(11)3-6(4-8(9)15)10(12,13)14/h11-12H,5-10H2,1-4H3,(H,14,15);3-7H,1-2H3,(H2,15,16,17);2*3-7H,1-2H3,(H2,15,16,17);3-6H,1-2H3,(H2,13,14,15);3-5,16H,15H2,1-2H3. The molecule has 0 heterocycles. The predicted octanol–water partition coefficient (Wildman–Crippen LogP) is 20.7. The number of nitrogens with one attached hydrogen (secondary N) is 10. The minimum absolute atomic E-state index is 0.00600. The summed E-state index contributed by atoms with van der Waals surface area (Å²) in [7, 11) is 0. The van der Waals surface area contributed by atoms with E-state index in [9.17, 15) is 67.1 Å². The molecule has 32 heteroatoms. The van der Waals surface area contributed by atoms with Crippen LogP contribution >= 0.6 is 59.2 Å². The van der Waals surface area contributed by atoms with Crippen molar-refractivity contribution < 1.29 is 71.8 Å². The number of thiocarbonyl (C=S) groups is 2. The average Bonchev–Trinajstić information content (AvgIpc) is 0.823. The number of hydrogen-bond donors (Lipinski definition) is 11. The maximum atomic E-state index is 12.4. The molecule has 0 saturated carbocycles. The number of benzene rings is 5. The second kappa shape index (κ2) is 44.8. The maximum absolute atomic E-state index is 12.4. The maximum Gasteiger partial charge on any atom is 0.573 e. The van der Waals surface area contributed by atoms with Gasteiger partial charge in [-0.25, -0.2) is 9.59 Å². The molecule has 98 heavy (non-hydrogen) atoms. The molecule has 1 unspecified atom stereocenters. The van der Waals surface area contributed by atoms with E-state index in [2.05, 4.69) is 71.8 Å². The number of nitrogens with two attached hydrogens (primary N) is 1. The van der Waals surface area contributed by atoms with Crippen LogP contribution in [0.2, 0.25) is 15.1 Å². The molecular formula is C66H90Cl3F12N11O4S2. The van der Waals surface area contributed by atoms with E-state index in [0.717, 1.165) is 55.0 Å². The summed E-state index contributed by atoms with van der Waals surface area (Å²) in [4.78, 5) is 34.0. The fourth-order valence-electron chi connectivity index (χ4n) is 7.44. The fraction of sp³-hybridized carbons (Fsp3) is 0.470. The molecule has 0 spiro atoms.